The summed E-state index contributed by atoms with van der Waals surface area (Å²) >= 11 is 0. The first-order valence-corrected chi connectivity index (χ1v) is 10.1. The fraction of sp³-hybridized carbons (Fsp3) is 0.467. The van der Waals surface area contributed by atoms with Crippen LogP contribution in [0.25, 0.3) is 0 Å². The molecule has 0 spiro atoms. The van der Waals surface area contributed by atoms with Gasteiger partial charge in [0.2, 0.25) is 0 Å². The van der Waals surface area contributed by atoms with Crippen LogP contribution < -0.4 is 0 Å². The van der Waals surface area contributed by atoms with Crippen LogP contribution in [0.1, 0.15) is 55.4 Å². The largest absolute Gasteiger partial charge is 0.532 e. The first-order chi connectivity index (χ1) is 13.6. The van der Waals surface area contributed by atoms with Gasteiger partial charge < -0.3 is 87.8 Å². The molecule has 0 rings (SSSR count). The minimum atomic E-state index is 0. The Kier molecular flexibility index (Phi) is 157. The fourth-order valence-corrected chi connectivity index (χ4v) is 0. The van der Waals surface area contributed by atoms with Crippen molar-refractivity contribution in [2.75, 3.05) is 0 Å². The molecule has 0 saturated carbocycles. The second kappa shape index (κ2) is 72.4. The van der Waals surface area contributed by atoms with Crippen molar-refractivity contribution in [1.82, 2.24) is 0 Å². The van der Waals surface area contributed by atoms with Gasteiger partial charge in [0.05, 0.1) is 0 Å². The van der Waals surface area contributed by atoms with Gasteiger partial charge in [0.25, 0.3) is 0 Å². The molecule has 0 N–H and O–H groups in total. The average Bonchev–Trinajstić information content (AvgIpc) is 2.69. The molecular weight excluding hydrogens is 894 g/mol. The Morgan fingerprint density at radius 1 is 0.333 bits per heavy atom. The van der Waals surface area contributed by atoms with Gasteiger partial charge in [0, 0.05) is 196 Å². The summed E-state index contributed by atoms with van der Waals surface area (Å²) in [7, 11) is 0. The van der Waals surface area contributed by atoms with Crippen LogP contribution in [0.15, 0.2) is 39.5 Å². The van der Waals surface area contributed by atoms with Crippen LogP contribution in [-0.4, -0.2) is 0 Å². The van der Waals surface area contributed by atoms with Crippen LogP contribution in [0, 0.1) is 99.7 Å². The van der Waals surface area contributed by atoms with Crippen molar-refractivity contribution in [3.8, 4) is 0 Å². The molecule has 0 amide bonds. The first-order valence-electron chi connectivity index (χ1n) is 10.1. The van der Waals surface area contributed by atoms with E-state index in [1.165, 1.54) is 0 Å². The Morgan fingerprint density at radius 3 is 0.389 bits per heavy atom. The van der Waals surface area contributed by atoms with Gasteiger partial charge >= 0.3 is 0 Å². The van der Waals surface area contributed by atoms with Crippen LogP contribution in [0.3, 0.4) is 0 Å². The fourth-order valence-electron chi connectivity index (χ4n) is 0. The molecule has 6 radical (unpaired) electrons. The van der Waals surface area contributed by atoms with Crippen LogP contribution in [-0.2, 0) is 196 Å². The maximum absolute atomic E-state index is 3.58. The number of hydrogen-bond acceptors (Lipinski definition) is 0. The monoisotopic (exact) mass is 944 g/mol. The summed E-state index contributed by atoms with van der Waals surface area (Å²) in [4.78, 5) is 0. The van der Waals surface area contributed by atoms with E-state index in [-0.39, 0.29) is 220 Å². The maximum Gasteiger partial charge on any atom is 0 e. The molecule has 4 unspecified atom stereocenters. The summed E-state index contributed by atoms with van der Waals surface area (Å²) in [5.41, 5.74) is 0. The molecule has 0 aromatic rings. The van der Waals surface area contributed by atoms with Crippen LogP contribution in [0.5, 0.6) is 0 Å². The van der Waals surface area contributed by atoms with Gasteiger partial charge in [-0.05, 0) is 0 Å². The van der Waals surface area contributed by atoms with Gasteiger partial charge in [-0.3, -0.25) is 39.5 Å². The SMILES string of the molecule is C=[C-]C(C)C.C=[C-]C(C)C.C=[C-]C([CH2-])C.C=[C-]C([CH2-])C.C=[C-]C([CH2-])C.C=[C-]C([CH2-])C.[Y].[Y].[Y].[Y].[Y].[Y]. The van der Waals surface area contributed by atoms with E-state index in [1.807, 2.05) is 55.4 Å². The van der Waals surface area contributed by atoms with E-state index < -0.39 is 0 Å². The zero-order valence-corrected chi connectivity index (χ0v) is 42.0. The molecule has 0 nitrogen and oxygen atoms in total. The quantitative estimate of drug-likeness (QED) is 0.234. The van der Waals surface area contributed by atoms with Crippen LogP contribution in [0.4, 0.5) is 0 Å². The van der Waals surface area contributed by atoms with E-state index in [4.69, 9.17) is 0 Å². The summed E-state index contributed by atoms with van der Waals surface area (Å²) in [5.74, 6) is 2.14. The molecule has 0 aromatic carbocycles. The molecule has 0 aliphatic carbocycles. The van der Waals surface area contributed by atoms with Crippen molar-refractivity contribution in [2.24, 2.45) is 35.5 Å². The standard InChI is InChI=1S/2C5H9.4C5H8.6Y/c6*1-4-5(2)3;;;;;;/h2*5H,1H2,2-3H3;4*5H,1-2H2,3H3;;;;;;/q2*-1;4*-2;;;;;;. The normalized spacial score (nSPS) is 10.2. The summed E-state index contributed by atoms with van der Waals surface area (Å²) < 4.78 is 0. The molecule has 0 aromatic heterocycles. The van der Waals surface area contributed by atoms with E-state index in [0.717, 1.165) is 0 Å². The van der Waals surface area contributed by atoms with Crippen molar-refractivity contribution in [2.45, 2.75) is 55.4 Å². The van der Waals surface area contributed by atoms with Crippen molar-refractivity contribution in [1.29, 1.82) is 0 Å². The Labute approximate surface area is 383 Å². The number of hydrogen-bond donors (Lipinski definition) is 0. The molecule has 0 heterocycles. The third kappa shape index (κ3) is 194. The smallest absolute Gasteiger partial charge is 0 e. The third-order valence-electron chi connectivity index (χ3n) is 2.21. The van der Waals surface area contributed by atoms with Gasteiger partial charge in [-0.15, -0.1) is 27.7 Å². The molecular formula is C30H50Y6-10. The van der Waals surface area contributed by atoms with Crippen LogP contribution in [0.2, 0.25) is 0 Å². The topological polar surface area (TPSA) is 0 Å². The minimum Gasteiger partial charge on any atom is -0.532 e. The molecule has 4 atom stereocenters. The van der Waals surface area contributed by atoms with Gasteiger partial charge in [-0.1, -0.05) is 27.7 Å². The van der Waals surface area contributed by atoms with E-state index in [1.54, 1.807) is 0 Å². The summed E-state index contributed by atoms with van der Waals surface area (Å²) in [6.45, 7) is 50.6. The van der Waals surface area contributed by atoms with Gasteiger partial charge in [-0.2, -0.15) is 11.8 Å². The third-order valence-corrected chi connectivity index (χ3v) is 2.21. The molecule has 0 aliphatic heterocycles. The Morgan fingerprint density at radius 2 is 0.389 bits per heavy atom. The second-order valence-corrected chi connectivity index (χ2v) is 7.14. The molecule has 0 bridgehead atoms. The summed E-state index contributed by atoms with van der Waals surface area (Å²) in [6.07, 6.45) is 16.2. The summed E-state index contributed by atoms with van der Waals surface area (Å²) in [5, 5.41) is 0. The predicted octanol–water partition coefficient (Wildman–Crippen LogP) is 9.03. The van der Waals surface area contributed by atoms with E-state index in [2.05, 4.69) is 104 Å². The Hall–Kier alpha value is 5.06. The molecule has 6 heteroatoms. The molecule has 36 heavy (non-hydrogen) atoms. The number of allylic oxidation sites excluding steroid dienone is 6. The molecule has 0 saturated heterocycles. The minimum absolute atomic E-state index is 0. The zero-order chi connectivity index (χ0) is 25.7. The predicted molar refractivity (Wildman–Crippen MR) is 141 cm³/mol. The maximum atomic E-state index is 3.58. The van der Waals surface area contributed by atoms with E-state index >= 15 is 0 Å². The van der Waals surface area contributed by atoms with Gasteiger partial charge in [0.15, 0.2) is 0 Å². The Bertz CT molecular complexity index is 279. The van der Waals surface area contributed by atoms with Crippen molar-refractivity contribution in [3.63, 3.8) is 0 Å². The Balaban J connectivity index is -0.0000000186. The van der Waals surface area contributed by atoms with Crippen LogP contribution >= 0.6 is 0 Å². The van der Waals surface area contributed by atoms with E-state index in [0.29, 0.717) is 11.8 Å². The van der Waals surface area contributed by atoms with Crippen molar-refractivity contribution < 1.29 is 196 Å². The molecule has 0 aliphatic rings. The van der Waals surface area contributed by atoms with Gasteiger partial charge in [0.1, 0.15) is 0 Å². The molecule has 198 valence electrons. The first kappa shape index (κ1) is 78.0. The number of rotatable bonds is 6. The van der Waals surface area contributed by atoms with Gasteiger partial charge in [-0.25, -0.2) is 0 Å². The van der Waals surface area contributed by atoms with E-state index in [9.17, 15) is 0 Å². The zero-order valence-electron chi connectivity index (χ0n) is 25.0. The molecule has 0 fully saturated rings. The summed E-state index contributed by atoms with van der Waals surface area (Å²) in [6, 6.07) is 0. The average molecular weight is 944 g/mol. The second-order valence-electron chi connectivity index (χ2n) is 7.14. The van der Waals surface area contributed by atoms with Crippen molar-refractivity contribution >= 4 is 0 Å². The van der Waals surface area contributed by atoms with Crippen molar-refractivity contribution in [3.05, 3.63) is 104 Å².